The van der Waals surface area contributed by atoms with E-state index in [0.29, 0.717) is 29.1 Å². The minimum Gasteiger partial charge on any atom is -0.494 e. The van der Waals surface area contributed by atoms with Crippen molar-refractivity contribution in [1.82, 2.24) is 20.3 Å². The molecule has 0 unspecified atom stereocenters. The zero-order chi connectivity index (χ0) is 27.4. The van der Waals surface area contributed by atoms with Gasteiger partial charge < -0.3 is 10.1 Å². The van der Waals surface area contributed by atoms with Crippen LogP contribution in [0.2, 0.25) is 0 Å². The molecule has 1 atom stereocenters. The van der Waals surface area contributed by atoms with Crippen molar-refractivity contribution in [1.29, 1.82) is 0 Å². The topological polar surface area (TPSA) is 89.4 Å². The van der Waals surface area contributed by atoms with Crippen LogP contribution in [0.15, 0.2) is 66.7 Å². The van der Waals surface area contributed by atoms with E-state index < -0.39 is 11.6 Å². The average Bonchev–Trinajstić information content (AvgIpc) is 3.25. The number of benzene rings is 3. The number of hydrogen-bond acceptors (Lipinski definition) is 5. The van der Waals surface area contributed by atoms with Gasteiger partial charge >= 0.3 is 0 Å². The van der Waals surface area contributed by atoms with Crippen LogP contribution in [0.25, 0.3) is 11.0 Å². The van der Waals surface area contributed by atoms with Gasteiger partial charge in [-0.05, 0) is 83.0 Å². The maximum Gasteiger partial charge on any atom is 0.249 e. The third kappa shape index (κ3) is 6.02. The summed E-state index contributed by atoms with van der Waals surface area (Å²) in [5.41, 5.74) is 4.24. The number of amides is 2. The van der Waals surface area contributed by atoms with Crippen molar-refractivity contribution in [3.05, 3.63) is 83.4 Å². The fourth-order valence-corrected chi connectivity index (χ4v) is 4.50. The first-order valence-electron chi connectivity index (χ1n) is 12.8. The summed E-state index contributed by atoms with van der Waals surface area (Å²) in [5.74, 6) is 0.138. The van der Waals surface area contributed by atoms with Gasteiger partial charge in [-0.2, -0.15) is 0 Å². The van der Waals surface area contributed by atoms with Gasteiger partial charge in [-0.1, -0.05) is 47.2 Å². The minimum atomic E-state index is -0.923. The van der Waals surface area contributed by atoms with Crippen LogP contribution in [0.1, 0.15) is 50.4 Å². The Kier molecular flexibility index (Phi) is 7.80. The van der Waals surface area contributed by atoms with Gasteiger partial charge in [0, 0.05) is 11.2 Å². The molecule has 0 saturated heterocycles. The summed E-state index contributed by atoms with van der Waals surface area (Å²) in [6.07, 6.45) is 0. The Morgan fingerprint density at radius 1 is 1.03 bits per heavy atom. The SMILES string of the molecule is CCOc1ccc([C@H](C(=O)NC(C)(C)C)N(C(=O)Cn2nnc3ccccc32)c2ccc(C)cc2C)cc1. The van der Waals surface area contributed by atoms with E-state index in [1.54, 1.807) is 9.58 Å². The standard InChI is InChI=1S/C30H35N5O3/c1-7-38-23-15-13-22(14-16-23)28(29(37)31-30(4,5)6)35(25-17-12-20(2)18-21(25)3)27(36)19-34-26-11-9-8-10-24(26)32-33-34/h8-18,28H,7,19H2,1-6H3,(H,31,37)/t28-/m1/s1. The molecule has 2 amide bonds. The van der Waals surface area contributed by atoms with E-state index in [1.165, 1.54) is 0 Å². The van der Waals surface area contributed by atoms with E-state index in [4.69, 9.17) is 4.74 Å². The molecule has 8 heteroatoms. The van der Waals surface area contributed by atoms with E-state index >= 15 is 0 Å². The van der Waals surface area contributed by atoms with Gasteiger partial charge in [0.1, 0.15) is 23.9 Å². The van der Waals surface area contributed by atoms with Gasteiger partial charge in [0.2, 0.25) is 11.8 Å². The van der Waals surface area contributed by atoms with Gasteiger partial charge in [-0.15, -0.1) is 5.10 Å². The van der Waals surface area contributed by atoms with Gasteiger partial charge in [-0.3, -0.25) is 14.5 Å². The molecule has 0 aliphatic rings. The second-order valence-electron chi connectivity index (χ2n) is 10.4. The van der Waals surface area contributed by atoms with Crippen LogP contribution in [0, 0.1) is 13.8 Å². The molecule has 0 fully saturated rings. The molecule has 1 N–H and O–H groups in total. The Labute approximate surface area is 223 Å². The summed E-state index contributed by atoms with van der Waals surface area (Å²) in [6, 6.07) is 19.8. The highest BCUT2D eigenvalue weighted by molar-refractivity contribution is 6.02. The Hall–Kier alpha value is -4.20. The molecule has 0 saturated carbocycles. The monoisotopic (exact) mass is 513 g/mol. The summed E-state index contributed by atoms with van der Waals surface area (Å²) >= 11 is 0. The molecule has 4 rings (SSSR count). The smallest absolute Gasteiger partial charge is 0.249 e. The molecule has 3 aromatic carbocycles. The van der Waals surface area contributed by atoms with Crippen molar-refractivity contribution in [2.24, 2.45) is 0 Å². The van der Waals surface area contributed by atoms with Crippen molar-refractivity contribution in [2.75, 3.05) is 11.5 Å². The molecule has 8 nitrogen and oxygen atoms in total. The number of aryl methyl sites for hydroxylation is 2. The second-order valence-corrected chi connectivity index (χ2v) is 10.4. The van der Waals surface area contributed by atoms with Crippen LogP contribution in [0.3, 0.4) is 0 Å². The van der Waals surface area contributed by atoms with E-state index in [1.807, 2.05) is 108 Å². The first-order chi connectivity index (χ1) is 18.1. The minimum absolute atomic E-state index is 0.0792. The van der Waals surface area contributed by atoms with Crippen molar-refractivity contribution in [3.63, 3.8) is 0 Å². The maximum atomic E-state index is 14.2. The van der Waals surface area contributed by atoms with E-state index in [-0.39, 0.29) is 18.4 Å². The summed E-state index contributed by atoms with van der Waals surface area (Å²) < 4.78 is 7.19. The van der Waals surface area contributed by atoms with Gasteiger partial charge in [0.25, 0.3) is 0 Å². The number of aromatic nitrogens is 3. The van der Waals surface area contributed by atoms with Crippen molar-refractivity contribution < 1.29 is 14.3 Å². The van der Waals surface area contributed by atoms with Crippen LogP contribution >= 0.6 is 0 Å². The molecule has 1 aromatic heterocycles. The number of para-hydroxylation sites is 1. The number of anilines is 1. The van der Waals surface area contributed by atoms with Crippen molar-refractivity contribution >= 4 is 28.5 Å². The molecule has 1 heterocycles. The second kappa shape index (κ2) is 11.0. The largest absolute Gasteiger partial charge is 0.494 e. The highest BCUT2D eigenvalue weighted by atomic mass is 16.5. The summed E-state index contributed by atoms with van der Waals surface area (Å²) in [4.78, 5) is 29.7. The van der Waals surface area contributed by atoms with E-state index in [9.17, 15) is 9.59 Å². The zero-order valence-corrected chi connectivity index (χ0v) is 22.9. The molecule has 0 aliphatic carbocycles. The number of ether oxygens (including phenoxy) is 1. The number of nitrogens with zero attached hydrogens (tertiary/aromatic N) is 4. The first-order valence-corrected chi connectivity index (χ1v) is 12.8. The Morgan fingerprint density at radius 2 is 1.74 bits per heavy atom. The molecule has 0 spiro atoms. The summed E-state index contributed by atoms with van der Waals surface area (Å²) in [7, 11) is 0. The number of carbonyl (C=O) groups is 2. The fourth-order valence-electron chi connectivity index (χ4n) is 4.50. The number of hydrogen-bond donors (Lipinski definition) is 1. The van der Waals surface area contributed by atoms with Gasteiger partial charge in [0.05, 0.1) is 12.1 Å². The van der Waals surface area contributed by atoms with Crippen LogP contribution in [-0.4, -0.2) is 39.0 Å². The molecular weight excluding hydrogens is 478 g/mol. The fraction of sp³-hybridized carbons (Fsp3) is 0.333. The van der Waals surface area contributed by atoms with Gasteiger partial charge in [-0.25, -0.2) is 4.68 Å². The van der Waals surface area contributed by atoms with Crippen LogP contribution in [-0.2, 0) is 16.1 Å². The van der Waals surface area contributed by atoms with E-state index in [0.717, 1.165) is 16.6 Å². The Morgan fingerprint density at radius 3 is 2.39 bits per heavy atom. The molecule has 0 radical (unpaired) electrons. The van der Waals surface area contributed by atoms with Crippen LogP contribution in [0.4, 0.5) is 5.69 Å². The third-order valence-electron chi connectivity index (χ3n) is 6.10. The molecule has 198 valence electrons. The quantitative estimate of drug-likeness (QED) is 0.353. The number of rotatable bonds is 8. The summed E-state index contributed by atoms with van der Waals surface area (Å²) in [6.45, 7) is 12.1. The number of fused-ring (bicyclic) bond motifs is 1. The number of carbonyl (C=O) groups excluding carboxylic acids is 2. The lowest BCUT2D eigenvalue weighted by molar-refractivity contribution is -0.128. The normalized spacial score (nSPS) is 12.3. The third-order valence-corrected chi connectivity index (χ3v) is 6.10. The van der Waals surface area contributed by atoms with E-state index in [2.05, 4.69) is 15.6 Å². The predicted molar refractivity (Wildman–Crippen MR) is 149 cm³/mol. The Balaban J connectivity index is 1.84. The lowest BCUT2D eigenvalue weighted by atomic mass is 9.99. The molecule has 4 aromatic rings. The molecule has 0 aliphatic heterocycles. The average molecular weight is 514 g/mol. The zero-order valence-electron chi connectivity index (χ0n) is 22.9. The van der Waals surface area contributed by atoms with Crippen molar-refractivity contribution in [3.8, 4) is 5.75 Å². The van der Waals surface area contributed by atoms with Crippen LogP contribution < -0.4 is 15.0 Å². The molecule has 38 heavy (non-hydrogen) atoms. The summed E-state index contributed by atoms with van der Waals surface area (Å²) in [5, 5.41) is 11.5. The number of nitrogens with one attached hydrogen (secondary N) is 1. The maximum absolute atomic E-state index is 14.2. The van der Waals surface area contributed by atoms with Crippen molar-refractivity contribution in [2.45, 2.75) is 59.7 Å². The lowest BCUT2D eigenvalue weighted by Crippen LogP contribution is -2.50. The Bertz CT molecular complexity index is 1440. The highest BCUT2D eigenvalue weighted by Gasteiger charge is 2.35. The predicted octanol–water partition coefficient (Wildman–Crippen LogP) is 5.14. The first kappa shape index (κ1) is 26.9. The highest BCUT2D eigenvalue weighted by Crippen LogP contribution is 2.33. The van der Waals surface area contributed by atoms with Gasteiger partial charge in [0.15, 0.2) is 0 Å². The lowest BCUT2D eigenvalue weighted by Gasteiger charge is -2.34. The van der Waals surface area contributed by atoms with Crippen LogP contribution in [0.5, 0.6) is 5.75 Å². The molecular formula is C30H35N5O3. The molecule has 0 bridgehead atoms.